The van der Waals surface area contributed by atoms with Crippen LogP contribution in [0.1, 0.15) is 45.1 Å². The second kappa shape index (κ2) is 13.5. The second-order valence-electron chi connectivity index (χ2n) is 7.60. The van der Waals surface area contributed by atoms with Crippen molar-refractivity contribution in [1.82, 2.24) is 20.2 Å². The minimum absolute atomic E-state index is 0. The van der Waals surface area contributed by atoms with Crippen LogP contribution in [0.2, 0.25) is 0 Å². The predicted octanol–water partition coefficient (Wildman–Crippen LogP) is 4.51. The van der Waals surface area contributed by atoms with Crippen molar-refractivity contribution in [1.29, 1.82) is 0 Å². The van der Waals surface area contributed by atoms with Gasteiger partial charge in [-0.05, 0) is 56.5 Å². The zero-order chi connectivity index (χ0) is 20.6. The number of rotatable bonds is 8. The number of carbonyl (C=O) groups is 1. The molecule has 3 rings (SSSR count). The van der Waals surface area contributed by atoms with Crippen LogP contribution in [0.4, 0.5) is 0 Å². The van der Waals surface area contributed by atoms with Crippen molar-refractivity contribution in [3.05, 3.63) is 42.5 Å². The number of nitrogens with one attached hydrogen (secondary N) is 1. The third-order valence-electron chi connectivity index (χ3n) is 6.02. The van der Waals surface area contributed by atoms with Crippen molar-refractivity contribution in [3.63, 3.8) is 0 Å². The van der Waals surface area contributed by atoms with Crippen LogP contribution in [0.5, 0.6) is 5.75 Å². The Balaban J connectivity index is 0.00000240. The lowest BCUT2D eigenvalue weighted by molar-refractivity contribution is -0.126. The van der Waals surface area contributed by atoms with E-state index in [4.69, 9.17) is 4.74 Å². The number of ether oxygens (including phenoxy) is 1. The molecule has 1 heterocycles. The summed E-state index contributed by atoms with van der Waals surface area (Å²) in [4.78, 5) is 23.4. The average molecular weight is 469 g/mol. The van der Waals surface area contributed by atoms with Gasteiger partial charge in [-0.1, -0.05) is 19.9 Å². The molecule has 1 saturated carbocycles. The van der Waals surface area contributed by atoms with Gasteiger partial charge in [0.2, 0.25) is 5.91 Å². The first-order valence-electron chi connectivity index (χ1n) is 10.6. The molecule has 1 aromatic heterocycles. The minimum atomic E-state index is 0. The van der Waals surface area contributed by atoms with E-state index in [1.165, 1.54) is 6.33 Å². The van der Waals surface area contributed by atoms with Gasteiger partial charge in [0.1, 0.15) is 12.1 Å². The maximum absolute atomic E-state index is 12.8. The van der Waals surface area contributed by atoms with E-state index in [0.29, 0.717) is 12.6 Å². The number of amides is 1. The van der Waals surface area contributed by atoms with Crippen LogP contribution >= 0.6 is 24.8 Å². The number of hydrogen-bond acceptors (Lipinski definition) is 5. The fourth-order valence-corrected chi connectivity index (χ4v) is 4.31. The summed E-state index contributed by atoms with van der Waals surface area (Å²) < 4.78 is 5.49. The molecule has 1 fully saturated rings. The summed E-state index contributed by atoms with van der Waals surface area (Å²) in [6, 6.07) is 6.57. The SMILES string of the molecule is CCN(CC)C1CCC(C(=O)NCc2cc(-c3cncnc3)ccc2OC)CC1.Cl.Cl. The predicted molar refractivity (Wildman–Crippen MR) is 129 cm³/mol. The molecule has 0 unspecified atom stereocenters. The van der Waals surface area contributed by atoms with Crippen LogP contribution < -0.4 is 10.1 Å². The van der Waals surface area contributed by atoms with Crippen molar-refractivity contribution in [2.75, 3.05) is 20.2 Å². The fourth-order valence-electron chi connectivity index (χ4n) is 4.31. The molecule has 2 aromatic rings. The number of aromatic nitrogens is 2. The molecule has 1 aliphatic carbocycles. The second-order valence-corrected chi connectivity index (χ2v) is 7.60. The molecule has 0 saturated heterocycles. The molecule has 0 bridgehead atoms. The highest BCUT2D eigenvalue weighted by atomic mass is 35.5. The van der Waals surface area contributed by atoms with Gasteiger partial charge in [-0.15, -0.1) is 24.8 Å². The van der Waals surface area contributed by atoms with E-state index >= 15 is 0 Å². The first kappa shape index (κ1) is 27.1. The molecule has 6 nitrogen and oxygen atoms in total. The van der Waals surface area contributed by atoms with Gasteiger partial charge in [-0.3, -0.25) is 4.79 Å². The van der Waals surface area contributed by atoms with Gasteiger partial charge in [0.25, 0.3) is 0 Å². The highest BCUT2D eigenvalue weighted by molar-refractivity contribution is 5.85. The first-order valence-corrected chi connectivity index (χ1v) is 10.6. The highest BCUT2D eigenvalue weighted by Crippen LogP contribution is 2.29. The van der Waals surface area contributed by atoms with Crippen LogP contribution in [0.25, 0.3) is 11.1 Å². The largest absolute Gasteiger partial charge is 0.496 e. The van der Waals surface area contributed by atoms with Crippen molar-refractivity contribution in [2.45, 2.75) is 52.1 Å². The Hall–Kier alpha value is -1.89. The summed E-state index contributed by atoms with van der Waals surface area (Å²) in [7, 11) is 1.65. The number of carbonyl (C=O) groups excluding carboxylic acids is 1. The molecule has 1 aliphatic rings. The Morgan fingerprint density at radius 2 is 1.71 bits per heavy atom. The number of methoxy groups -OCH3 is 1. The van der Waals surface area contributed by atoms with Gasteiger partial charge in [-0.25, -0.2) is 9.97 Å². The van der Waals surface area contributed by atoms with Crippen LogP contribution in [0, 0.1) is 5.92 Å². The molecular formula is C23H34Cl2N4O2. The lowest BCUT2D eigenvalue weighted by atomic mass is 9.84. The lowest BCUT2D eigenvalue weighted by Crippen LogP contribution is -2.40. The van der Waals surface area contributed by atoms with Crippen molar-refractivity contribution >= 4 is 30.7 Å². The third-order valence-corrected chi connectivity index (χ3v) is 6.02. The van der Waals surface area contributed by atoms with Crippen LogP contribution in [0.15, 0.2) is 36.9 Å². The van der Waals surface area contributed by atoms with E-state index < -0.39 is 0 Å². The summed E-state index contributed by atoms with van der Waals surface area (Å²) in [5, 5.41) is 3.13. The molecular weight excluding hydrogens is 435 g/mol. The van der Waals surface area contributed by atoms with Gasteiger partial charge in [0.05, 0.1) is 7.11 Å². The van der Waals surface area contributed by atoms with Gasteiger partial charge in [0.15, 0.2) is 0 Å². The zero-order valence-corrected chi connectivity index (χ0v) is 20.2. The summed E-state index contributed by atoms with van der Waals surface area (Å²) >= 11 is 0. The molecule has 1 amide bonds. The smallest absolute Gasteiger partial charge is 0.223 e. The van der Waals surface area contributed by atoms with E-state index in [1.54, 1.807) is 19.5 Å². The number of nitrogens with zero attached hydrogens (tertiary/aromatic N) is 3. The van der Waals surface area contributed by atoms with Gasteiger partial charge in [0, 0.05) is 42.0 Å². The molecule has 1 aromatic carbocycles. The molecule has 1 N–H and O–H groups in total. The fraction of sp³-hybridized carbons (Fsp3) is 0.522. The number of halogens is 2. The molecule has 0 atom stereocenters. The van der Waals surface area contributed by atoms with Gasteiger partial charge >= 0.3 is 0 Å². The Labute approximate surface area is 198 Å². The topological polar surface area (TPSA) is 67.4 Å². The first-order chi connectivity index (χ1) is 14.2. The monoisotopic (exact) mass is 468 g/mol. The standard InChI is InChI=1S/C23H32N4O2.2ClH/c1-4-27(5-2)21-9-6-17(7-10-21)23(28)26-15-19-12-18(8-11-22(19)29-3)20-13-24-16-25-14-20;;/h8,11-14,16-17,21H,4-7,9-10,15H2,1-3H3,(H,26,28);2*1H. The van der Waals surface area contributed by atoms with Crippen LogP contribution in [-0.2, 0) is 11.3 Å². The summed E-state index contributed by atoms with van der Waals surface area (Å²) in [5.41, 5.74) is 2.91. The molecule has 0 spiro atoms. The Kier molecular flexibility index (Phi) is 11.8. The maximum Gasteiger partial charge on any atom is 0.223 e. The Bertz CT molecular complexity index is 795. The van der Waals surface area contributed by atoms with Crippen LogP contribution in [-0.4, -0.2) is 47.0 Å². The van der Waals surface area contributed by atoms with Crippen molar-refractivity contribution < 1.29 is 9.53 Å². The molecule has 172 valence electrons. The summed E-state index contributed by atoms with van der Waals surface area (Å²) in [6.07, 6.45) is 9.22. The quantitative estimate of drug-likeness (QED) is 0.616. The molecule has 31 heavy (non-hydrogen) atoms. The summed E-state index contributed by atoms with van der Waals surface area (Å²) in [5.74, 6) is 1.04. The molecule has 0 aliphatic heterocycles. The Morgan fingerprint density at radius 3 is 2.29 bits per heavy atom. The summed E-state index contributed by atoms with van der Waals surface area (Å²) in [6.45, 7) is 7.05. The van der Waals surface area contributed by atoms with E-state index in [2.05, 4.69) is 34.0 Å². The van der Waals surface area contributed by atoms with Gasteiger partial charge < -0.3 is 15.0 Å². The average Bonchev–Trinajstić information content (AvgIpc) is 2.79. The number of benzene rings is 1. The van der Waals surface area contributed by atoms with E-state index in [9.17, 15) is 4.79 Å². The van der Waals surface area contributed by atoms with E-state index in [-0.39, 0.29) is 36.6 Å². The normalized spacial score (nSPS) is 17.9. The van der Waals surface area contributed by atoms with Crippen LogP contribution in [0.3, 0.4) is 0 Å². The maximum atomic E-state index is 12.8. The van der Waals surface area contributed by atoms with Crippen molar-refractivity contribution in [3.8, 4) is 16.9 Å². The zero-order valence-electron chi connectivity index (χ0n) is 18.5. The lowest BCUT2D eigenvalue weighted by Gasteiger charge is -2.35. The Morgan fingerprint density at radius 1 is 1.06 bits per heavy atom. The van der Waals surface area contributed by atoms with E-state index in [0.717, 1.165) is 61.2 Å². The van der Waals surface area contributed by atoms with E-state index in [1.807, 2.05) is 18.2 Å². The minimum Gasteiger partial charge on any atom is -0.496 e. The highest BCUT2D eigenvalue weighted by Gasteiger charge is 2.28. The van der Waals surface area contributed by atoms with Crippen molar-refractivity contribution in [2.24, 2.45) is 5.92 Å². The molecule has 0 radical (unpaired) electrons. The molecule has 8 heteroatoms. The number of hydrogen-bond donors (Lipinski definition) is 1. The third kappa shape index (κ3) is 7.06. The van der Waals surface area contributed by atoms with Gasteiger partial charge in [-0.2, -0.15) is 0 Å².